The molecule has 2 unspecified atom stereocenters. The molecule has 2 aromatic heterocycles. The average Bonchev–Trinajstić information content (AvgIpc) is 4.05. The van der Waals surface area contributed by atoms with Gasteiger partial charge >= 0.3 is 0 Å². The normalized spacial score (nSPS) is 18.5. The molecule has 61 heavy (non-hydrogen) atoms. The molecule has 0 saturated carbocycles. The number of nitrogens with one attached hydrogen (secondary N) is 3. The fourth-order valence-electron chi connectivity index (χ4n) is 8.13. The molecular weight excluding hydrogens is 802 g/mol. The van der Waals surface area contributed by atoms with Gasteiger partial charge in [0.2, 0.25) is 23.7 Å². The number of amides is 4. The number of benzene rings is 2. The summed E-state index contributed by atoms with van der Waals surface area (Å²) in [5.74, 6) is 3.93. The lowest BCUT2D eigenvalue weighted by atomic mass is 9.83. The van der Waals surface area contributed by atoms with E-state index in [9.17, 15) is 28.4 Å². The maximum Gasteiger partial charge on any atom is 0.265 e. The number of piperazine rings is 1. The number of imide groups is 1. The second-order valence-electron chi connectivity index (χ2n) is 15.2. The van der Waals surface area contributed by atoms with E-state index in [2.05, 4.69) is 43.8 Å². The minimum absolute atomic E-state index is 0.0310. The Bertz CT molecular complexity index is 2490. The van der Waals surface area contributed by atoms with Gasteiger partial charge in [-0.2, -0.15) is 4.98 Å². The van der Waals surface area contributed by atoms with Crippen molar-refractivity contribution in [1.82, 2.24) is 20.2 Å². The first-order valence-electron chi connectivity index (χ1n) is 20.3. The first-order valence-corrected chi connectivity index (χ1v) is 21.1. The topological polar surface area (TPSA) is 172 Å². The predicted molar refractivity (Wildman–Crippen MR) is 227 cm³/mol. The van der Waals surface area contributed by atoms with E-state index in [0.717, 1.165) is 35.9 Å². The van der Waals surface area contributed by atoms with Crippen LogP contribution in [0.1, 0.15) is 74.6 Å². The smallest absolute Gasteiger partial charge is 0.265 e. The maximum absolute atomic E-state index is 15.0. The molecule has 4 aromatic rings. The highest BCUT2D eigenvalue weighted by Crippen LogP contribution is 2.37. The molecule has 16 heteroatoms. The van der Waals surface area contributed by atoms with Gasteiger partial charge in [0.05, 0.1) is 36.9 Å². The summed E-state index contributed by atoms with van der Waals surface area (Å²) >= 11 is 1.46. The Labute approximate surface area is 355 Å². The lowest BCUT2D eigenvalue weighted by Crippen LogP contribution is -2.49. The van der Waals surface area contributed by atoms with Crippen molar-refractivity contribution in [1.29, 1.82) is 0 Å². The van der Waals surface area contributed by atoms with E-state index < -0.39 is 23.6 Å². The van der Waals surface area contributed by atoms with Crippen LogP contribution in [0.5, 0.6) is 5.75 Å². The molecule has 4 amide bonds. The minimum atomic E-state index is -0.648. The number of allylic oxidation sites excluding steroid dienone is 2. The van der Waals surface area contributed by atoms with Crippen LogP contribution in [-0.2, 0) is 25.5 Å². The summed E-state index contributed by atoms with van der Waals surface area (Å²) in [7, 11) is 1.49. The Morgan fingerprint density at radius 3 is 2.69 bits per heavy atom. The summed E-state index contributed by atoms with van der Waals surface area (Å²) in [6, 6.07) is 14.2. The standard InChI is InChI=1S/C45H44FN7O7S/c1-59-36-24-29(11-13-35(36)49-44(58)38-15-14-37(61-38)28-6-2-3-7-28)48-42-34(46)26-47-45(51-42)53-20-18-52(19-21-53)40(55)17-23-60-22-5-9-27-8-4-10-30-32(27)25-33(41(30)56)31-12-16-39(54)50-43(31)57/h4,6,8,10-11,13-15,24,26,31,33H,2-3,7,12,16-23,25H2,1H3,(H,49,58)(H,47,48,51)(H,50,54,57). The number of Topliss-reactive ketones (excluding diaryl/α,β-unsaturated/α-hetero) is 1. The number of ether oxygens (including phenoxy) is 2. The van der Waals surface area contributed by atoms with Gasteiger partial charge in [0.15, 0.2) is 17.4 Å². The highest BCUT2D eigenvalue weighted by atomic mass is 32.1. The Hall–Kier alpha value is -6.44. The fraction of sp³-hybridized carbons (Fsp3) is 0.356. The first-order chi connectivity index (χ1) is 29.6. The van der Waals surface area contributed by atoms with Gasteiger partial charge in [-0.25, -0.2) is 9.37 Å². The van der Waals surface area contributed by atoms with E-state index in [1.807, 2.05) is 23.1 Å². The molecule has 2 aromatic carbocycles. The zero-order valence-electron chi connectivity index (χ0n) is 33.6. The van der Waals surface area contributed by atoms with Crippen molar-refractivity contribution in [2.24, 2.45) is 11.8 Å². The number of halogens is 1. The second-order valence-corrected chi connectivity index (χ2v) is 16.3. The van der Waals surface area contributed by atoms with Gasteiger partial charge in [0, 0.05) is 72.2 Å². The van der Waals surface area contributed by atoms with Crippen molar-refractivity contribution in [3.63, 3.8) is 0 Å². The number of rotatable bonds is 12. The third-order valence-corrected chi connectivity index (χ3v) is 12.5. The van der Waals surface area contributed by atoms with Crippen molar-refractivity contribution >= 4 is 69.5 Å². The lowest BCUT2D eigenvalue weighted by Gasteiger charge is -2.34. The third-order valence-electron chi connectivity index (χ3n) is 11.4. The van der Waals surface area contributed by atoms with Crippen molar-refractivity contribution in [3.05, 3.63) is 93.1 Å². The van der Waals surface area contributed by atoms with Gasteiger partial charge in [-0.1, -0.05) is 30.0 Å². The molecular formula is C45H44FN7O7S. The van der Waals surface area contributed by atoms with Gasteiger partial charge in [-0.3, -0.25) is 29.3 Å². The van der Waals surface area contributed by atoms with Crippen LogP contribution < -0.4 is 25.6 Å². The molecule has 3 N–H and O–H groups in total. The Morgan fingerprint density at radius 2 is 1.90 bits per heavy atom. The van der Waals surface area contributed by atoms with E-state index in [1.165, 1.54) is 24.0 Å². The number of hydrogen-bond acceptors (Lipinski definition) is 12. The quantitative estimate of drug-likeness (QED) is 0.0900. The van der Waals surface area contributed by atoms with Gasteiger partial charge < -0.3 is 29.9 Å². The molecule has 0 bridgehead atoms. The van der Waals surface area contributed by atoms with Crippen LogP contribution in [-0.4, -0.2) is 90.8 Å². The highest BCUT2D eigenvalue weighted by molar-refractivity contribution is 7.15. The number of fused-ring (bicyclic) bond motifs is 1. The number of piperidine rings is 1. The lowest BCUT2D eigenvalue weighted by molar-refractivity contribution is -0.137. The summed E-state index contributed by atoms with van der Waals surface area (Å²) < 4.78 is 26.2. The number of carbonyl (C=O) groups excluding carboxylic acids is 5. The number of methoxy groups -OCH3 is 1. The molecule has 314 valence electrons. The van der Waals surface area contributed by atoms with Crippen LogP contribution in [0, 0.1) is 29.5 Å². The average molecular weight is 846 g/mol. The van der Waals surface area contributed by atoms with Crippen LogP contribution in [0.15, 0.2) is 60.8 Å². The van der Waals surface area contributed by atoms with E-state index in [4.69, 9.17) is 9.47 Å². The van der Waals surface area contributed by atoms with Crippen LogP contribution >= 0.6 is 11.3 Å². The highest BCUT2D eigenvalue weighted by Gasteiger charge is 2.42. The zero-order chi connectivity index (χ0) is 42.5. The molecule has 4 heterocycles. The number of anilines is 4. The molecule has 2 atom stereocenters. The number of nitrogens with zero attached hydrogens (tertiary/aromatic N) is 4. The van der Waals surface area contributed by atoms with Crippen molar-refractivity contribution < 1.29 is 37.8 Å². The van der Waals surface area contributed by atoms with Crippen LogP contribution in [0.2, 0.25) is 0 Å². The van der Waals surface area contributed by atoms with E-state index in [-0.39, 0.29) is 55.4 Å². The summed E-state index contributed by atoms with van der Waals surface area (Å²) in [4.78, 5) is 77.3. The number of hydrogen-bond donors (Lipinski definition) is 3. The number of thiophene rings is 1. The molecule has 2 saturated heterocycles. The SMILES string of the molecule is COc1cc(Nc2nc(N3CCN(C(=O)CCOCC#Cc4cccc5c4CC(C4CCC(=O)NC4=O)C5=O)CC3)ncc2F)ccc1NC(=O)c1ccc(C2=CCCC2)s1. The Balaban J connectivity index is 0.790. The van der Waals surface area contributed by atoms with Gasteiger partial charge in [0.25, 0.3) is 5.91 Å². The summed E-state index contributed by atoms with van der Waals surface area (Å²) in [6.45, 7) is 2.02. The molecule has 14 nitrogen and oxygen atoms in total. The Morgan fingerprint density at radius 1 is 1.05 bits per heavy atom. The van der Waals surface area contributed by atoms with Crippen molar-refractivity contribution in [3.8, 4) is 17.6 Å². The molecule has 2 aliphatic heterocycles. The first kappa shape index (κ1) is 41.3. The number of carbonyl (C=O) groups is 5. The minimum Gasteiger partial charge on any atom is -0.494 e. The fourth-order valence-corrected chi connectivity index (χ4v) is 9.10. The third kappa shape index (κ3) is 9.33. The molecule has 2 aliphatic carbocycles. The number of aromatic nitrogens is 2. The van der Waals surface area contributed by atoms with E-state index >= 15 is 0 Å². The monoisotopic (exact) mass is 845 g/mol. The maximum atomic E-state index is 15.0. The van der Waals surface area contributed by atoms with E-state index in [1.54, 1.807) is 35.2 Å². The predicted octanol–water partition coefficient (Wildman–Crippen LogP) is 5.76. The summed E-state index contributed by atoms with van der Waals surface area (Å²) in [6.07, 6.45) is 7.70. The zero-order valence-corrected chi connectivity index (χ0v) is 34.4. The van der Waals surface area contributed by atoms with Crippen molar-refractivity contribution in [2.75, 3.05) is 62.0 Å². The summed E-state index contributed by atoms with van der Waals surface area (Å²) in [5.41, 5.74) is 4.31. The van der Waals surface area contributed by atoms with Crippen molar-refractivity contribution in [2.45, 2.75) is 44.9 Å². The van der Waals surface area contributed by atoms with Crippen LogP contribution in [0.3, 0.4) is 0 Å². The second kappa shape index (κ2) is 18.4. The van der Waals surface area contributed by atoms with Crippen LogP contribution in [0.25, 0.3) is 5.57 Å². The number of ketones is 1. The van der Waals surface area contributed by atoms with Gasteiger partial charge in [-0.05, 0) is 73.6 Å². The molecule has 0 radical (unpaired) electrons. The summed E-state index contributed by atoms with van der Waals surface area (Å²) in [5, 5.41) is 8.27. The molecule has 2 fully saturated rings. The van der Waals surface area contributed by atoms with Gasteiger partial charge in [-0.15, -0.1) is 11.3 Å². The Kier molecular flexibility index (Phi) is 12.5. The van der Waals surface area contributed by atoms with E-state index in [0.29, 0.717) is 78.1 Å². The molecule has 0 spiro atoms. The van der Waals surface area contributed by atoms with Gasteiger partial charge in [0.1, 0.15) is 12.4 Å². The molecule has 4 aliphatic rings. The molecule has 8 rings (SSSR count). The van der Waals surface area contributed by atoms with Crippen LogP contribution in [0.4, 0.5) is 27.5 Å². The largest absolute Gasteiger partial charge is 0.494 e.